The fourth-order valence-electron chi connectivity index (χ4n) is 1.76. The van der Waals surface area contributed by atoms with Crippen LogP contribution in [-0.2, 0) is 11.3 Å². The van der Waals surface area contributed by atoms with Gasteiger partial charge in [0.2, 0.25) is 5.91 Å². The van der Waals surface area contributed by atoms with E-state index in [4.69, 9.17) is 0 Å². The highest BCUT2D eigenvalue weighted by molar-refractivity contribution is 9.10. The number of carbonyl (C=O) groups excluding carboxylic acids is 1. The largest absolute Gasteiger partial charge is 0.351 e. The minimum absolute atomic E-state index is 0.0183. The summed E-state index contributed by atoms with van der Waals surface area (Å²) in [6.07, 6.45) is 0.368. The molecule has 0 unspecified atom stereocenters. The second-order valence-electron chi connectivity index (χ2n) is 5.80. The van der Waals surface area contributed by atoms with Gasteiger partial charge in [0.25, 0.3) is 5.69 Å². The molecule has 0 fully saturated rings. The third kappa shape index (κ3) is 7.19. The van der Waals surface area contributed by atoms with Gasteiger partial charge in [0, 0.05) is 41.7 Å². The molecule has 0 aromatic heterocycles. The normalized spacial score (nSPS) is 11.2. The molecule has 7 heteroatoms. The summed E-state index contributed by atoms with van der Waals surface area (Å²) in [5.41, 5.74) is 0.612. The standard InChI is InChI=1S/C14H20BrN3O3/c1-14(2,3)17-13(19)4-5-16-9-10-6-11(15)8-12(7-10)18(20)21/h6-8,16H,4-5,9H2,1-3H3,(H,17,19). The quantitative estimate of drug-likeness (QED) is 0.465. The SMILES string of the molecule is CC(C)(C)NC(=O)CCNCc1cc(Br)cc([N+](=O)[O-])c1. The molecule has 0 aliphatic heterocycles. The van der Waals surface area contributed by atoms with Crippen molar-refractivity contribution in [3.8, 4) is 0 Å². The second-order valence-corrected chi connectivity index (χ2v) is 6.72. The lowest BCUT2D eigenvalue weighted by molar-refractivity contribution is -0.385. The van der Waals surface area contributed by atoms with E-state index < -0.39 is 4.92 Å². The number of amides is 1. The molecule has 6 nitrogen and oxygen atoms in total. The number of non-ortho nitro benzene ring substituents is 1. The van der Waals surface area contributed by atoms with Gasteiger partial charge in [0.15, 0.2) is 0 Å². The second kappa shape index (κ2) is 7.51. The van der Waals surface area contributed by atoms with Gasteiger partial charge >= 0.3 is 0 Å². The van der Waals surface area contributed by atoms with Gasteiger partial charge in [0.1, 0.15) is 0 Å². The van der Waals surface area contributed by atoms with Gasteiger partial charge in [-0.15, -0.1) is 0 Å². The van der Waals surface area contributed by atoms with Crippen LogP contribution >= 0.6 is 15.9 Å². The molecule has 1 aromatic carbocycles. The van der Waals surface area contributed by atoms with E-state index in [1.54, 1.807) is 0 Å². The van der Waals surface area contributed by atoms with Crippen molar-refractivity contribution in [1.29, 1.82) is 0 Å². The van der Waals surface area contributed by atoms with Crippen LogP contribution < -0.4 is 10.6 Å². The van der Waals surface area contributed by atoms with Gasteiger partial charge < -0.3 is 10.6 Å². The monoisotopic (exact) mass is 357 g/mol. The third-order valence-corrected chi connectivity index (χ3v) is 2.98. The minimum Gasteiger partial charge on any atom is -0.351 e. The molecule has 1 rings (SSSR count). The van der Waals surface area contributed by atoms with Crippen LogP contribution in [0.4, 0.5) is 5.69 Å². The number of carbonyl (C=O) groups is 1. The van der Waals surface area contributed by atoms with Gasteiger partial charge in [-0.2, -0.15) is 0 Å². The Morgan fingerprint density at radius 1 is 1.33 bits per heavy atom. The summed E-state index contributed by atoms with van der Waals surface area (Å²) in [6, 6.07) is 4.79. The maximum atomic E-state index is 11.6. The predicted octanol–water partition coefficient (Wildman–Crippen LogP) is 2.75. The van der Waals surface area contributed by atoms with E-state index in [1.165, 1.54) is 12.1 Å². The molecule has 2 N–H and O–H groups in total. The average Bonchev–Trinajstić information content (AvgIpc) is 2.31. The Kier molecular flexibility index (Phi) is 6.29. The topological polar surface area (TPSA) is 84.3 Å². The van der Waals surface area contributed by atoms with Crippen molar-refractivity contribution >= 4 is 27.5 Å². The Labute approximate surface area is 132 Å². The summed E-state index contributed by atoms with van der Waals surface area (Å²) in [5.74, 6) is -0.0183. The van der Waals surface area contributed by atoms with Crippen molar-refractivity contribution in [2.75, 3.05) is 6.54 Å². The first-order valence-electron chi connectivity index (χ1n) is 6.63. The van der Waals surface area contributed by atoms with E-state index in [9.17, 15) is 14.9 Å². The summed E-state index contributed by atoms with van der Waals surface area (Å²) >= 11 is 3.25. The molecule has 21 heavy (non-hydrogen) atoms. The van der Waals surface area contributed by atoms with Crippen LogP contribution in [0.3, 0.4) is 0 Å². The smallest absolute Gasteiger partial charge is 0.270 e. The first kappa shape index (κ1) is 17.6. The molecule has 0 spiro atoms. The molecule has 0 bridgehead atoms. The van der Waals surface area contributed by atoms with E-state index in [-0.39, 0.29) is 17.1 Å². The van der Waals surface area contributed by atoms with Crippen molar-refractivity contribution in [1.82, 2.24) is 10.6 Å². The number of nitrogens with one attached hydrogen (secondary N) is 2. The van der Waals surface area contributed by atoms with Crippen molar-refractivity contribution in [2.24, 2.45) is 0 Å². The molecule has 0 aliphatic carbocycles. The van der Waals surface area contributed by atoms with Crippen LogP contribution in [-0.4, -0.2) is 22.9 Å². The zero-order chi connectivity index (χ0) is 16.0. The Morgan fingerprint density at radius 3 is 2.57 bits per heavy atom. The first-order valence-corrected chi connectivity index (χ1v) is 7.42. The average molecular weight is 358 g/mol. The summed E-state index contributed by atoms with van der Waals surface area (Å²) in [6.45, 7) is 6.78. The number of nitro benzene ring substituents is 1. The number of nitrogens with zero attached hydrogens (tertiary/aromatic N) is 1. The number of benzene rings is 1. The molecule has 0 saturated heterocycles. The fourth-order valence-corrected chi connectivity index (χ4v) is 2.28. The van der Waals surface area contributed by atoms with E-state index in [2.05, 4.69) is 26.6 Å². The zero-order valence-electron chi connectivity index (χ0n) is 12.4. The highest BCUT2D eigenvalue weighted by atomic mass is 79.9. The molecule has 0 aliphatic rings. The lowest BCUT2D eigenvalue weighted by Crippen LogP contribution is -2.41. The molecule has 0 radical (unpaired) electrons. The Hall–Kier alpha value is -1.47. The van der Waals surface area contributed by atoms with Gasteiger partial charge in [-0.3, -0.25) is 14.9 Å². The Balaban J connectivity index is 2.43. The van der Waals surface area contributed by atoms with Gasteiger partial charge in [-0.05, 0) is 32.4 Å². The molecule has 0 atom stereocenters. The summed E-state index contributed by atoms with van der Waals surface area (Å²) in [4.78, 5) is 22.0. The van der Waals surface area contributed by atoms with Crippen molar-refractivity contribution in [2.45, 2.75) is 39.3 Å². The number of hydrogen-bond acceptors (Lipinski definition) is 4. The molecule has 0 saturated carbocycles. The number of rotatable bonds is 6. The van der Waals surface area contributed by atoms with Gasteiger partial charge in [-0.25, -0.2) is 0 Å². The highest BCUT2D eigenvalue weighted by Crippen LogP contribution is 2.21. The van der Waals surface area contributed by atoms with E-state index in [0.29, 0.717) is 24.0 Å². The summed E-state index contributed by atoms with van der Waals surface area (Å²) in [7, 11) is 0. The zero-order valence-corrected chi connectivity index (χ0v) is 14.0. The van der Waals surface area contributed by atoms with Crippen LogP contribution in [0.1, 0.15) is 32.8 Å². The maximum Gasteiger partial charge on any atom is 0.270 e. The van der Waals surface area contributed by atoms with E-state index in [1.807, 2.05) is 26.8 Å². The molecule has 1 amide bonds. The van der Waals surface area contributed by atoms with Crippen molar-refractivity contribution in [3.63, 3.8) is 0 Å². The molecule has 1 aromatic rings. The fraction of sp³-hybridized carbons (Fsp3) is 0.500. The maximum absolute atomic E-state index is 11.6. The van der Waals surface area contributed by atoms with Gasteiger partial charge in [-0.1, -0.05) is 15.9 Å². The van der Waals surface area contributed by atoms with Gasteiger partial charge in [0.05, 0.1) is 4.92 Å². The van der Waals surface area contributed by atoms with E-state index in [0.717, 1.165) is 5.56 Å². The highest BCUT2D eigenvalue weighted by Gasteiger charge is 2.13. The Bertz CT molecular complexity index is 527. The van der Waals surface area contributed by atoms with Crippen molar-refractivity contribution < 1.29 is 9.72 Å². The summed E-state index contributed by atoms with van der Waals surface area (Å²) < 4.78 is 0.666. The van der Waals surface area contributed by atoms with Crippen LogP contribution in [0, 0.1) is 10.1 Å². The van der Waals surface area contributed by atoms with Crippen LogP contribution in [0.15, 0.2) is 22.7 Å². The lowest BCUT2D eigenvalue weighted by atomic mass is 10.1. The number of nitro groups is 1. The van der Waals surface area contributed by atoms with E-state index >= 15 is 0 Å². The molecular weight excluding hydrogens is 338 g/mol. The predicted molar refractivity (Wildman–Crippen MR) is 85.0 cm³/mol. The van der Waals surface area contributed by atoms with Crippen LogP contribution in [0.2, 0.25) is 0 Å². The van der Waals surface area contributed by atoms with Crippen LogP contribution in [0.5, 0.6) is 0 Å². The number of halogens is 1. The number of hydrogen-bond donors (Lipinski definition) is 2. The third-order valence-electron chi connectivity index (χ3n) is 2.53. The summed E-state index contributed by atoms with van der Waals surface area (Å²) in [5, 5.41) is 16.8. The lowest BCUT2D eigenvalue weighted by Gasteiger charge is -2.20. The first-order chi connectivity index (χ1) is 9.67. The molecular formula is C14H20BrN3O3. The van der Waals surface area contributed by atoms with Crippen molar-refractivity contribution in [3.05, 3.63) is 38.3 Å². The minimum atomic E-state index is -0.426. The van der Waals surface area contributed by atoms with Crippen LogP contribution in [0.25, 0.3) is 0 Å². The molecule has 116 valence electrons. The molecule has 0 heterocycles. The Morgan fingerprint density at radius 2 is 2.00 bits per heavy atom.